The van der Waals surface area contributed by atoms with Crippen LogP contribution < -0.4 is 5.43 Å². The van der Waals surface area contributed by atoms with Gasteiger partial charge in [0.2, 0.25) is 11.0 Å². The standard InChI is InChI=1S/C17H15N5O4S/c1-9-8-27-16(18-9)20-15-21-22(10(2)23)17(26-15)12-6-4-5-7-13(12)19-14(17)25-11(3)24/h4-8H,1-3H3,(H,18,20,21). The molecule has 1 aromatic heterocycles. The molecule has 1 fully saturated rings. The predicted octanol–water partition coefficient (Wildman–Crippen LogP) is 2.28. The highest BCUT2D eigenvalue weighted by Crippen LogP contribution is 2.45. The van der Waals surface area contributed by atoms with Crippen LogP contribution in [-0.2, 0) is 24.8 Å². The van der Waals surface area contributed by atoms with Crippen LogP contribution >= 0.6 is 11.3 Å². The summed E-state index contributed by atoms with van der Waals surface area (Å²) < 4.78 is 11.3. The first kappa shape index (κ1) is 17.2. The number of fused-ring (bicyclic) bond motifs is 2. The van der Waals surface area contributed by atoms with E-state index in [0.29, 0.717) is 16.4 Å². The van der Waals surface area contributed by atoms with Crippen molar-refractivity contribution in [1.82, 2.24) is 15.4 Å². The van der Waals surface area contributed by atoms with Crippen LogP contribution in [0.1, 0.15) is 25.1 Å². The van der Waals surface area contributed by atoms with E-state index < -0.39 is 11.7 Å². The van der Waals surface area contributed by atoms with Gasteiger partial charge in [-0.05, 0) is 13.0 Å². The molecule has 1 spiro atoms. The van der Waals surface area contributed by atoms with Crippen molar-refractivity contribution in [3.8, 4) is 0 Å². The second kappa shape index (κ2) is 6.16. The summed E-state index contributed by atoms with van der Waals surface area (Å²) in [5.41, 5.74) is 3.19. The molecule has 4 rings (SSSR count). The molecule has 1 atom stereocenters. The molecule has 1 aromatic carbocycles. The van der Waals surface area contributed by atoms with Gasteiger partial charge in [0.15, 0.2) is 0 Å². The van der Waals surface area contributed by atoms with Crippen LogP contribution in [-0.4, -0.2) is 33.8 Å². The molecule has 27 heavy (non-hydrogen) atoms. The fourth-order valence-electron chi connectivity index (χ4n) is 2.91. The van der Waals surface area contributed by atoms with Gasteiger partial charge in [0.1, 0.15) is 0 Å². The maximum Gasteiger partial charge on any atom is 0.314 e. The van der Waals surface area contributed by atoms with Gasteiger partial charge in [-0.3, -0.25) is 9.59 Å². The van der Waals surface area contributed by atoms with E-state index in [2.05, 4.69) is 20.4 Å². The number of aromatic nitrogens is 1. The molecule has 1 unspecified atom stereocenters. The maximum atomic E-state index is 12.4. The predicted molar refractivity (Wildman–Crippen MR) is 97.7 cm³/mol. The molecule has 9 nitrogen and oxygen atoms in total. The number of aryl methyl sites for hydroxylation is 1. The van der Waals surface area contributed by atoms with E-state index in [1.54, 1.807) is 24.3 Å². The van der Waals surface area contributed by atoms with E-state index in [4.69, 9.17) is 9.47 Å². The third-order valence-corrected chi connectivity index (χ3v) is 4.76. The van der Waals surface area contributed by atoms with E-state index in [1.165, 1.54) is 30.2 Å². The van der Waals surface area contributed by atoms with Crippen LogP contribution in [0.15, 0.2) is 39.6 Å². The Balaban J connectivity index is 1.84. The third kappa shape index (κ3) is 2.74. The van der Waals surface area contributed by atoms with Gasteiger partial charge in [-0.1, -0.05) is 18.2 Å². The van der Waals surface area contributed by atoms with Gasteiger partial charge in [-0.15, -0.1) is 11.3 Å². The van der Waals surface area contributed by atoms with Crippen molar-refractivity contribution in [2.24, 2.45) is 9.98 Å². The van der Waals surface area contributed by atoms with Crippen molar-refractivity contribution >= 4 is 46.0 Å². The Morgan fingerprint density at radius 3 is 2.78 bits per heavy atom. The van der Waals surface area contributed by atoms with Gasteiger partial charge in [0, 0.05) is 19.2 Å². The molecule has 0 saturated carbocycles. The molecule has 2 aliphatic heterocycles. The summed E-state index contributed by atoms with van der Waals surface area (Å²) in [7, 11) is 0. The van der Waals surface area contributed by atoms with Crippen LogP contribution in [0.3, 0.4) is 0 Å². The molecule has 10 heteroatoms. The fraction of sp³-hybridized carbons (Fsp3) is 0.235. The van der Waals surface area contributed by atoms with Crippen molar-refractivity contribution in [3.63, 3.8) is 0 Å². The molecular weight excluding hydrogens is 370 g/mol. The number of carbonyl (C=O) groups is 2. The number of hydrogen-bond acceptors (Lipinski definition) is 8. The molecule has 0 bridgehead atoms. The lowest BCUT2D eigenvalue weighted by Crippen LogP contribution is -2.53. The van der Waals surface area contributed by atoms with Crippen molar-refractivity contribution in [1.29, 1.82) is 0 Å². The molecule has 1 N–H and O–H groups in total. The lowest BCUT2D eigenvalue weighted by Gasteiger charge is -2.30. The number of rotatable bonds is 1. The summed E-state index contributed by atoms with van der Waals surface area (Å²) in [6.07, 6.45) is 0. The number of benzene rings is 1. The second-order valence-electron chi connectivity index (χ2n) is 5.93. The minimum atomic E-state index is -1.56. The van der Waals surface area contributed by atoms with E-state index in [0.717, 1.165) is 5.69 Å². The number of aliphatic imine (C=N–C) groups is 2. The number of nitrogens with one attached hydrogen (secondary N) is 1. The van der Waals surface area contributed by atoms with E-state index >= 15 is 0 Å². The zero-order chi connectivity index (χ0) is 19.2. The topological polar surface area (TPSA) is 105 Å². The Hall–Kier alpha value is -3.27. The molecule has 138 valence electrons. The highest BCUT2D eigenvalue weighted by Gasteiger charge is 2.60. The smallest absolute Gasteiger partial charge is 0.314 e. The van der Waals surface area contributed by atoms with Crippen molar-refractivity contribution in [2.45, 2.75) is 26.5 Å². The van der Waals surface area contributed by atoms with Crippen molar-refractivity contribution in [2.75, 3.05) is 0 Å². The van der Waals surface area contributed by atoms with Crippen LogP contribution in [0, 0.1) is 6.92 Å². The summed E-state index contributed by atoms with van der Waals surface area (Å²) in [5.74, 6) is -1.000. The van der Waals surface area contributed by atoms with Gasteiger partial charge in [0.05, 0.1) is 16.9 Å². The largest absolute Gasteiger partial charge is 0.421 e. The average molecular weight is 385 g/mol. The summed E-state index contributed by atoms with van der Waals surface area (Å²) in [6.45, 7) is 4.47. The number of hydrazine groups is 1. The molecule has 2 aromatic rings. The van der Waals surface area contributed by atoms with Gasteiger partial charge >= 0.3 is 17.7 Å². The molecule has 0 radical (unpaired) electrons. The maximum absolute atomic E-state index is 12.4. The molecule has 1 saturated heterocycles. The first-order valence-corrected chi connectivity index (χ1v) is 8.92. The van der Waals surface area contributed by atoms with Crippen molar-refractivity contribution < 1.29 is 19.1 Å². The van der Waals surface area contributed by atoms with Crippen LogP contribution in [0.5, 0.6) is 0 Å². The highest BCUT2D eigenvalue weighted by molar-refractivity contribution is 7.13. The Morgan fingerprint density at radius 1 is 1.33 bits per heavy atom. The zero-order valence-electron chi connectivity index (χ0n) is 14.7. The minimum absolute atomic E-state index is 0.0519. The number of esters is 1. The normalized spacial score (nSPS) is 21.7. The number of thiazole rings is 1. The van der Waals surface area contributed by atoms with Gasteiger partial charge in [-0.25, -0.2) is 15.4 Å². The number of para-hydroxylation sites is 1. The Bertz CT molecular complexity index is 1010. The molecular formula is C17H15N5O4S. The Morgan fingerprint density at radius 2 is 2.11 bits per heavy atom. The van der Waals surface area contributed by atoms with E-state index in [9.17, 15) is 9.59 Å². The molecule has 2 aliphatic rings. The van der Waals surface area contributed by atoms with Gasteiger partial charge in [0.25, 0.3) is 5.90 Å². The first-order valence-electron chi connectivity index (χ1n) is 8.04. The minimum Gasteiger partial charge on any atom is -0.421 e. The van der Waals surface area contributed by atoms with Gasteiger partial charge in [-0.2, -0.15) is 10.0 Å². The Kier molecular flexibility index (Phi) is 3.92. The lowest BCUT2D eigenvalue weighted by atomic mass is 10.0. The number of amidine groups is 1. The molecule has 0 aliphatic carbocycles. The molecule has 1 amide bonds. The number of ether oxygens (including phenoxy) is 2. The van der Waals surface area contributed by atoms with Crippen LogP contribution in [0.4, 0.5) is 10.8 Å². The fourth-order valence-corrected chi connectivity index (χ4v) is 3.57. The monoisotopic (exact) mass is 385 g/mol. The molecule has 3 heterocycles. The van der Waals surface area contributed by atoms with Crippen molar-refractivity contribution in [3.05, 3.63) is 40.9 Å². The summed E-state index contributed by atoms with van der Waals surface area (Å²) in [5, 5.41) is 3.52. The van der Waals surface area contributed by atoms with Crippen LogP contribution in [0.2, 0.25) is 0 Å². The summed E-state index contributed by atoms with van der Waals surface area (Å²) in [4.78, 5) is 36.9. The lowest BCUT2D eigenvalue weighted by molar-refractivity contribution is -0.146. The highest BCUT2D eigenvalue weighted by atomic mass is 32.1. The SMILES string of the molecule is CC(=O)OC1=Nc2ccccc2C12O/C(=N/c1nc(C)cs1)NN2C(C)=O. The number of amides is 1. The second-order valence-corrected chi connectivity index (χ2v) is 6.77. The average Bonchev–Trinajstić information content (AvgIpc) is 3.26. The van der Waals surface area contributed by atoms with E-state index in [-0.39, 0.29) is 17.8 Å². The zero-order valence-corrected chi connectivity index (χ0v) is 15.5. The quantitative estimate of drug-likeness (QED) is 0.755. The summed E-state index contributed by atoms with van der Waals surface area (Å²) >= 11 is 1.34. The number of carbonyl (C=O) groups excluding carboxylic acids is 2. The Labute approximate surface area is 158 Å². The third-order valence-electron chi connectivity index (χ3n) is 3.91. The number of nitrogens with zero attached hydrogens (tertiary/aromatic N) is 4. The van der Waals surface area contributed by atoms with E-state index in [1.807, 2.05) is 12.3 Å². The number of hydrogen-bond donors (Lipinski definition) is 1. The first-order chi connectivity index (χ1) is 12.9. The summed E-state index contributed by atoms with van der Waals surface area (Å²) in [6, 6.07) is 7.13. The van der Waals surface area contributed by atoms with Gasteiger partial charge < -0.3 is 9.47 Å². The van der Waals surface area contributed by atoms with Crippen LogP contribution in [0.25, 0.3) is 0 Å².